The Hall–Kier alpha value is -2.83. The van der Waals surface area contributed by atoms with Crippen LogP contribution in [0.2, 0.25) is 0 Å². The highest BCUT2D eigenvalue weighted by Gasteiger charge is 2.38. The van der Waals surface area contributed by atoms with Crippen molar-refractivity contribution in [2.24, 2.45) is 0 Å². The molecule has 0 atom stereocenters. The first kappa shape index (κ1) is 15.6. The number of aromatic nitrogens is 2. The minimum atomic E-state index is -5.08. The molecule has 1 N–H and O–H groups in total. The Morgan fingerprint density at radius 3 is 2.32 bits per heavy atom. The highest BCUT2D eigenvalue weighted by Crippen LogP contribution is 2.21. The number of carbonyl (C=O) groups is 1. The Labute approximate surface area is 123 Å². The molecule has 114 valence electrons. The maximum Gasteiger partial charge on any atom is 0.490 e. The van der Waals surface area contributed by atoms with Gasteiger partial charge < -0.3 is 9.67 Å². The second kappa shape index (κ2) is 6.30. The highest BCUT2D eigenvalue weighted by molar-refractivity contribution is 5.90. The average Bonchev–Trinajstić information content (AvgIpc) is 3.00. The van der Waals surface area contributed by atoms with Crippen molar-refractivity contribution in [2.45, 2.75) is 6.18 Å². The second-order valence-corrected chi connectivity index (χ2v) is 4.27. The van der Waals surface area contributed by atoms with Crippen LogP contribution in [-0.2, 0) is 4.79 Å². The third kappa shape index (κ3) is 3.63. The molecule has 0 bridgehead atoms. The third-order valence-corrected chi connectivity index (χ3v) is 2.79. The van der Waals surface area contributed by atoms with Gasteiger partial charge in [0.1, 0.15) is 0 Å². The molecule has 0 aliphatic heterocycles. The maximum atomic E-state index is 10.6. The zero-order valence-electron chi connectivity index (χ0n) is 11.2. The summed E-state index contributed by atoms with van der Waals surface area (Å²) in [4.78, 5) is 13.0. The molecule has 0 aliphatic carbocycles. The summed E-state index contributed by atoms with van der Waals surface area (Å²) in [6.45, 7) is 0. The van der Waals surface area contributed by atoms with Crippen molar-refractivity contribution in [3.05, 3.63) is 61.2 Å². The van der Waals surface area contributed by atoms with Gasteiger partial charge in [0.2, 0.25) is 0 Å². The molecule has 1 aromatic heterocycles. The molecule has 2 aromatic carbocycles. The summed E-state index contributed by atoms with van der Waals surface area (Å²) in [5.74, 6) is -2.76. The van der Waals surface area contributed by atoms with Gasteiger partial charge in [-0.2, -0.15) is 13.2 Å². The first-order chi connectivity index (χ1) is 10.4. The number of imidazole rings is 1. The number of hydrogen-bond donors (Lipinski definition) is 1. The van der Waals surface area contributed by atoms with E-state index in [4.69, 9.17) is 9.90 Å². The molecule has 4 nitrogen and oxygen atoms in total. The highest BCUT2D eigenvalue weighted by atomic mass is 19.4. The number of rotatable bonds is 1. The van der Waals surface area contributed by atoms with Gasteiger partial charge in [-0.3, -0.25) is 0 Å². The number of fused-ring (bicyclic) bond motifs is 1. The topological polar surface area (TPSA) is 55.1 Å². The standard InChI is InChI=1S/C13H10N2.C2HF3O2/c1-2-6-12-11(4-1)5-3-7-13(12)15-9-8-14-10-15;3-2(4,5)1(6)7/h1-10H;(H,6,7). The van der Waals surface area contributed by atoms with Crippen LogP contribution in [0.1, 0.15) is 0 Å². The second-order valence-electron chi connectivity index (χ2n) is 4.27. The van der Waals surface area contributed by atoms with Gasteiger partial charge in [-0.25, -0.2) is 9.78 Å². The summed E-state index contributed by atoms with van der Waals surface area (Å²) >= 11 is 0. The van der Waals surface area contributed by atoms with Crippen molar-refractivity contribution in [1.82, 2.24) is 9.55 Å². The molecule has 0 amide bonds. The number of carboxylic acids is 1. The average molecular weight is 308 g/mol. The third-order valence-electron chi connectivity index (χ3n) is 2.79. The van der Waals surface area contributed by atoms with Crippen LogP contribution in [0.3, 0.4) is 0 Å². The van der Waals surface area contributed by atoms with E-state index in [1.807, 2.05) is 17.1 Å². The van der Waals surface area contributed by atoms with Gasteiger partial charge >= 0.3 is 12.1 Å². The molecule has 22 heavy (non-hydrogen) atoms. The predicted octanol–water partition coefficient (Wildman–Crippen LogP) is 3.66. The van der Waals surface area contributed by atoms with Crippen LogP contribution in [0.25, 0.3) is 16.5 Å². The minimum Gasteiger partial charge on any atom is -0.475 e. The van der Waals surface area contributed by atoms with Gasteiger partial charge in [0.15, 0.2) is 0 Å². The fourth-order valence-electron chi connectivity index (χ4n) is 1.84. The fourth-order valence-corrected chi connectivity index (χ4v) is 1.84. The van der Waals surface area contributed by atoms with E-state index in [0.29, 0.717) is 0 Å². The van der Waals surface area contributed by atoms with E-state index in [1.54, 1.807) is 6.20 Å². The molecule has 0 saturated carbocycles. The molecule has 1 heterocycles. The van der Waals surface area contributed by atoms with Crippen LogP contribution < -0.4 is 0 Å². The lowest BCUT2D eigenvalue weighted by atomic mass is 10.1. The summed E-state index contributed by atoms with van der Waals surface area (Å²) in [5.41, 5.74) is 1.17. The molecule has 3 aromatic rings. The van der Waals surface area contributed by atoms with Crippen molar-refractivity contribution in [1.29, 1.82) is 0 Å². The summed E-state index contributed by atoms with van der Waals surface area (Å²) in [6, 6.07) is 14.7. The molecule has 0 spiro atoms. The predicted molar refractivity (Wildman–Crippen MR) is 74.8 cm³/mol. The Morgan fingerprint density at radius 1 is 1.09 bits per heavy atom. The van der Waals surface area contributed by atoms with Crippen molar-refractivity contribution >= 4 is 16.7 Å². The molecule has 0 radical (unpaired) electrons. The van der Waals surface area contributed by atoms with Gasteiger partial charge in [0.05, 0.1) is 12.0 Å². The molecular formula is C15H11F3N2O2. The zero-order chi connectivity index (χ0) is 16.2. The minimum absolute atomic E-state index is 1.17. The number of carboxylic acid groups (broad SMARTS) is 1. The lowest BCUT2D eigenvalue weighted by molar-refractivity contribution is -0.192. The van der Waals surface area contributed by atoms with Crippen molar-refractivity contribution in [3.8, 4) is 5.69 Å². The number of halogens is 3. The number of nitrogens with zero attached hydrogens (tertiary/aromatic N) is 2. The Morgan fingerprint density at radius 2 is 1.73 bits per heavy atom. The maximum absolute atomic E-state index is 10.6. The van der Waals surface area contributed by atoms with Gasteiger partial charge in [-0.05, 0) is 11.5 Å². The van der Waals surface area contributed by atoms with Crippen LogP contribution in [-0.4, -0.2) is 26.8 Å². The normalized spacial score (nSPS) is 10.9. The number of benzene rings is 2. The van der Waals surface area contributed by atoms with Crippen molar-refractivity contribution < 1.29 is 23.1 Å². The van der Waals surface area contributed by atoms with E-state index in [1.165, 1.54) is 16.5 Å². The van der Waals surface area contributed by atoms with Crippen molar-refractivity contribution in [2.75, 3.05) is 0 Å². The van der Waals surface area contributed by atoms with Gasteiger partial charge in [0, 0.05) is 17.8 Å². The molecule has 7 heteroatoms. The molecule has 0 unspecified atom stereocenters. The molecule has 3 rings (SSSR count). The van der Waals surface area contributed by atoms with Crippen LogP contribution in [0, 0.1) is 0 Å². The number of hydrogen-bond acceptors (Lipinski definition) is 2. The largest absolute Gasteiger partial charge is 0.490 e. The lowest BCUT2D eigenvalue weighted by Gasteiger charge is -2.06. The monoisotopic (exact) mass is 308 g/mol. The fraction of sp³-hybridized carbons (Fsp3) is 0.0667. The SMILES string of the molecule is O=C(O)C(F)(F)F.c1ccc2c(-n3ccnc3)cccc2c1. The Balaban J connectivity index is 0.000000217. The van der Waals surface area contributed by atoms with Crippen LogP contribution >= 0.6 is 0 Å². The van der Waals surface area contributed by atoms with Gasteiger partial charge in [0.25, 0.3) is 0 Å². The Bertz CT molecular complexity index is 763. The van der Waals surface area contributed by atoms with Crippen LogP contribution in [0.4, 0.5) is 13.2 Å². The summed E-state index contributed by atoms with van der Waals surface area (Å²) < 4.78 is 33.8. The van der Waals surface area contributed by atoms with Crippen LogP contribution in [0.5, 0.6) is 0 Å². The summed E-state index contributed by atoms with van der Waals surface area (Å²) in [7, 11) is 0. The summed E-state index contributed by atoms with van der Waals surface area (Å²) in [6.07, 6.45) is 0.491. The van der Waals surface area contributed by atoms with Gasteiger partial charge in [-0.1, -0.05) is 36.4 Å². The quantitative estimate of drug-likeness (QED) is 0.746. The first-order valence-electron chi connectivity index (χ1n) is 6.16. The summed E-state index contributed by atoms with van der Waals surface area (Å²) in [5, 5.41) is 9.63. The lowest BCUT2D eigenvalue weighted by Crippen LogP contribution is -2.21. The molecule has 0 fully saturated rings. The van der Waals surface area contributed by atoms with Crippen LogP contribution in [0.15, 0.2) is 61.2 Å². The number of aliphatic carboxylic acids is 1. The van der Waals surface area contributed by atoms with E-state index in [0.717, 1.165) is 0 Å². The zero-order valence-corrected chi connectivity index (χ0v) is 11.2. The molecular weight excluding hydrogens is 297 g/mol. The molecule has 0 saturated heterocycles. The first-order valence-corrected chi connectivity index (χ1v) is 6.16. The smallest absolute Gasteiger partial charge is 0.475 e. The van der Waals surface area contributed by atoms with E-state index < -0.39 is 12.1 Å². The van der Waals surface area contributed by atoms with E-state index >= 15 is 0 Å². The number of alkyl halides is 3. The van der Waals surface area contributed by atoms with E-state index in [9.17, 15) is 13.2 Å². The van der Waals surface area contributed by atoms with Crippen molar-refractivity contribution in [3.63, 3.8) is 0 Å². The molecule has 0 aliphatic rings. The van der Waals surface area contributed by atoms with E-state index in [2.05, 4.69) is 47.4 Å². The Kier molecular flexibility index (Phi) is 4.45. The van der Waals surface area contributed by atoms with Gasteiger partial charge in [-0.15, -0.1) is 0 Å². The van der Waals surface area contributed by atoms with E-state index in [-0.39, 0.29) is 0 Å².